The summed E-state index contributed by atoms with van der Waals surface area (Å²) in [6.45, 7) is -1.41. The molecule has 0 bridgehead atoms. The molecule has 1 aliphatic carbocycles. The molecule has 0 aromatic rings. The van der Waals surface area contributed by atoms with Gasteiger partial charge in [-0.15, -0.1) is 0 Å². The van der Waals surface area contributed by atoms with Gasteiger partial charge in [-0.05, 0) is 18.8 Å². The first-order valence-electron chi connectivity index (χ1n) is 21.7. The number of rotatable bonds is 5. The minimum Gasteiger partial charge on any atom is -0.396 e. The summed E-state index contributed by atoms with van der Waals surface area (Å²) in [6, 6.07) is 0. The number of hydrogen-bond donors (Lipinski definition) is 5. The summed E-state index contributed by atoms with van der Waals surface area (Å²) in [7, 11) is 0. The molecule has 1 rings (SSSR count). The van der Waals surface area contributed by atoms with Gasteiger partial charge >= 0.3 is 0 Å². The predicted molar refractivity (Wildman–Crippen MR) is 205 cm³/mol. The maximum atomic E-state index is 10.6. The van der Waals surface area contributed by atoms with Gasteiger partial charge in [0, 0.05) is 17.4 Å². The van der Waals surface area contributed by atoms with Crippen molar-refractivity contribution in [2.45, 2.75) is 225 Å². The third kappa shape index (κ3) is 20.0. The zero-order valence-corrected chi connectivity index (χ0v) is 32.1. The van der Waals surface area contributed by atoms with E-state index in [1.807, 2.05) is 0 Å². The Morgan fingerprint density at radius 3 is 0.729 bits per heavy atom. The number of aliphatic hydroxyl groups is 5. The average Bonchev–Trinajstić information content (AvgIpc) is 3.11. The van der Waals surface area contributed by atoms with Crippen LogP contribution in [0.4, 0.5) is 0 Å². The summed E-state index contributed by atoms with van der Waals surface area (Å²) < 4.78 is 0. The molecule has 288 valence electrons. The van der Waals surface area contributed by atoms with E-state index < -0.39 is 10.8 Å². The van der Waals surface area contributed by atoms with Gasteiger partial charge in [0.1, 0.15) is 0 Å². The molecular weight excluding hydrogens is 596 g/mol. The monoisotopic (exact) mass is 683 g/mol. The van der Waals surface area contributed by atoms with Crippen molar-refractivity contribution in [1.82, 2.24) is 0 Å². The fraction of sp³-hybridized carbons (Fsp3) is 1.00. The third-order valence-corrected chi connectivity index (χ3v) is 12.4. The first kappa shape index (κ1) is 45.8. The van der Waals surface area contributed by atoms with Gasteiger partial charge in [-0.2, -0.15) is 0 Å². The summed E-state index contributed by atoms with van der Waals surface area (Å²) in [5.41, 5.74) is -2.10. The zero-order valence-electron chi connectivity index (χ0n) is 32.1. The van der Waals surface area contributed by atoms with Crippen LogP contribution < -0.4 is 0 Å². The quantitative estimate of drug-likeness (QED) is 0.199. The molecule has 1 fully saturated rings. The molecule has 1 aliphatic rings. The van der Waals surface area contributed by atoms with Crippen LogP contribution in [0, 0.1) is 16.7 Å². The first-order chi connectivity index (χ1) is 23.7. The minimum atomic E-state index is -1.10. The van der Waals surface area contributed by atoms with Crippen molar-refractivity contribution in [1.29, 1.82) is 0 Å². The lowest BCUT2D eigenvalue weighted by molar-refractivity contribution is -0.159. The summed E-state index contributed by atoms with van der Waals surface area (Å²) in [4.78, 5) is 0. The van der Waals surface area contributed by atoms with Crippen molar-refractivity contribution in [2.75, 3.05) is 33.0 Å². The molecule has 5 nitrogen and oxygen atoms in total. The third-order valence-electron chi connectivity index (χ3n) is 12.4. The Kier molecular flexibility index (Phi) is 31.2. The highest BCUT2D eigenvalue weighted by atomic mass is 16.3. The van der Waals surface area contributed by atoms with Gasteiger partial charge in [0.05, 0.1) is 26.4 Å². The van der Waals surface area contributed by atoms with Gasteiger partial charge in [0.25, 0.3) is 0 Å². The van der Waals surface area contributed by atoms with Crippen molar-refractivity contribution in [3.8, 4) is 0 Å². The van der Waals surface area contributed by atoms with Gasteiger partial charge in [-0.3, -0.25) is 0 Å². The Morgan fingerprint density at radius 1 is 0.292 bits per heavy atom. The van der Waals surface area contributed by atoms with Crippen LogP contribution in [-0.4, -0.2) is 58.6 Å². The molecule has 0 aromatic heterocycles. The van der Waals surface area contributed by atoms with Crippen LogP contribution in [0.3, 0.4) is 0 Å². The molecule has 0 spiro atoms. The summed E-state index contributed by atoms with van der Waals surface area (Å²) in [5.74, 6) is -0.349. The maximum Gasteiger partial charge on any atom is 0.0520 e. The molecule has 48 heavy (non-hydrogen) atoms. The number of aliphatic hydroxyl groups excluding tert-OH is 5. The van der Waals surface area contributed by atoms with E-state index >= 15 is 0 Å². The molecule has 1 atom stereocenters. The van der Waals surface area contributed by atoms with E-state index in [1.54, 1.807) is 0 Å². The highest BCUT2D eigenvalue weighted by Crippen LogP contribution is 2.49. The Morgan fingerprint density at radius 2 is 0.521 bits per heavy atom. The van der Waals surface area contributed by atoms with E-state index in [-0.39, 0.29) is 39.0 Å². The molecule has 0 radical (unpaired) electrons. The fourth-order valence-corrected chi connectivity index (χ4v) is 8.73. The second-order valence-corrected chi connectivity index (χ2v) is 16.2. The zero-order chi connectivity index (χ0) is 34.9. The molecule has 1 unspecified atom stereocenters. The molecule has 5 N–H and O–H groups in total. The Labute approximate surface area is 299 Å². The van der Waals surface area contributed by atoms with E-state index in [1.165, 1.54) is 180 Å². The predicted octanol–water partition coefficient (Wildman–Crippen LogP) is 11.2. The smallest absolute Gasteiger partial charge is 0.0520 e. The standard InChI is InChI=1S/C43H86O5/c44-36-41-34-32-30-28-26-24-22-20-18-16-14-12-10-8-6-4-2-1-3-5-7-9-11-13-15-17-19-21-23-25-27-29-31-33-35-42(37-45,38-46)43(41,39-47)40-48/h41,44-48H,1-40H2. The first-order valence-corrected chi connectivity index (χ1v) is 21.7. The van der Waals surface area contributed by atoms with Crippen molar-refractivity contribution in [3.05, 3.63) is 0 Å². The second kappa shape index (κ2) is 32.7. The van der Waals surface area contributed by atoms with E-state index in [0.29, 0.717) is 12.8 Å². The lowest BCUT2D eigenvalue weighted by Crippen LogP contribution is -2.57. The highest BCUT2D eigenvalue weighted by Gasteiger charge is 2.53. The van der Waals surface area contributed by atoms with Gasteiger partial charge in [-0.25, -0.2) is 0 Å². The van der Waals surface area contributed by atoms with Crippen molar-refractivity contribution < 1.29 is 25.5 Å². The lowest BCUT2D eigenvalue weighted by atomic mass is 9.55. The van der Waals surface area contributed by atoms with Crippen LogP contribution in [0.2, 0.25) is 0 Å². The molecule has 1 saturated carbocycles. The highest BCUT2D eigenvalue weighted by molar-refractivity contribution is 5.01. The largest absolute Gasteiger partial charge is 0.396 e. The fourth-order valence-electron chi connectivity index (χ4n) is 8.73. The molecule has 5 heteroatoms. The van der Waals surface area contributed by atoms with E-state index in [9.17, 15) is 25.5 Å². The van der Waals surface area contributed by atoms with Gasteiger partial charge in [0.2, 0.25) is 0 Å². The topological polar surface area (TPSA) is 101 Å². The SMILES string of the molecule is OCC1CCCCCCCCCCCCCCCCCCCCCCCCCCCCCCCCCCCC(CO)(CO)C1(CO)CO. The normalized spacial score (nSPS) is 25.3. The summed E-state index contributed by atoms with van der Waals surface area (Å²) in [5, 5.41) is 52.9. The van der Waals surface area contributed by atoms with Crippen LogP contribution in [0.15, 0.2) is 0 Å². The Balaban J connectivity index is 2.53. The van der Waals surface area contributed by atoms with Crippen molar-refractivity contribution >= 4 is 0 Å². The van der Waals surface area contributed by atoms with Gasteiger partial charge in [0.15, 0.2) is 0 Å². The molecule has 0 saturated heterocycles. The maximum absolute atomic E-state index is 10.6. The van der Waals surface area contributed by atoms with Gasteiger partial charge < -0.3 is 25.5 Å². The summed E-state index contributed by atoms with van der Waals surface area (Å²) >= 11 is 0. The van der Waals surface area contributed by atoms with E-state index in [4.69, 9.17) is 0 Å². The molecule has 0 amide bonds. The average molecular weight is 683 g/mol. The summed E-state index contributed by atoms with van der Waals surface area (Å²) in [6.07, 6.45) is 44.8. The molecule has 0 aromatic carbocycles. The minimum absolute atomic E-state index is 0.150. The molecule has 0 heterocycles. The second-order valence-electron chi connectivity index (χ2n) is 16.2. The lowest BCUT2D eigenvalue weighted by Gasteiger charge is -2.51. The van der Waals surface area contributed by atoms with E-state index in [2.05, 4.69) is 0 Å². The number of hydrogen-bond acceptors (Lipinski definition) is 5. The van der Waals surface area contributed by atoms with Gasteiger partial charge in [-0.1, -0.05) is 212 Å². The van der Waals surface area contributed by atoms with Crippen LogP contribution >= 0.6 is 0 Å². The van der Waals surface area contributed by atoms with Crippen molar-refractivity contribution in [2.24, 2.45) is 16.7 Å². The van der Waals surface area contributed by atoms with Crippen LogP contribution in [-0.2, 0) is 0 Å². The van der Waals surface area contributed by atoms with Crippen LogP contribution in [0.1, 0.15) is 225 Å². The Hall–Kier alpha value is -0.200. The van der Waals surface area contributed by atoms with Crippen LogP contribution in [0.5, 0.6) is 0 Å². The molecule has 0 aliphatic heterocycles. The Bertz CT molecular complexity index is 647. The molecular formula is C43H86O5. The van der Waals surface area contributed by atoms with E-state index in [0.717, 1.165) is 32.1 Å². The van der Waals surface area contributed by atoms with Crippen molar-refractivity contribution in [3.63, 3.8) is 0 Å². The van der Waals surface area contributed by atoms with Crippen LogP contribution in [0.25, 0.3) is 0 Å².